The Labute approximate surface area is 352 Å². The standard InChI is InChI=1S/C27H31N5O3.C20H20N4O2/c1-27(2,3)35-26(34)31-14-12-20(13-15-31)28-17-18-8-10-19(11-9-18)22-16-24-29-30-25(33)32(24)23-7-5-4-6-21(22)23;1-13(25)11-21-12-14-6-8-15(9-7-14)17-10-19-22-23-20(26)24(19)18-5-3-2-4-16(17)18/h4-11,16,20,28H,12-15,17H2,1-3H3,(H,30,33);2-10,13,21,25H,11-12H2,1H3,(H,23,26). The third-order valence-electron chi connectivity index (χ3n) is 10.9. The van der Waals surface area contributed by atoms with Gasteiger partial charge in [-0.2, -0.15) is 10.2 Å². The maximum Gasteiger partial charge on any atom is 0.410 e. The molecule has 4 aromatic carbocycles. The zero-order valence-electron chi connectivity index (χ0n) is 34.8. The number of benzene rings is 4. The molecular weight excluding hydrogens is 771 g/mol. The van der Waals surface area contributed by atoms with Gasteiger partial charge in [0.15, 0.2) is 11.3 Å². The van der Waals surface area contributed by atoms with E-state index in [4.69, 9.17) is 4.74 Å². The molecule has 0 saturated carbocycles. The van der Waals surface area contributed by atoms with Gasteiger partial charge in [-0.15, -0.1) is 0 Å². The van der Waals surface area contributed by atoms with Crippen LogP contribution >= 0.6 is 0 Å². The van der Waals surface area contributed by atoms with Crippen LogP contribution in [0.5, 0.6) is 0 Å². The van der Waals surface area contributed by atoms with E-state index in [2.05, 4.69) is 79.6 Å². The Morgan fingerprint density at radius 1 is 0.754 bits per heavy atom. The van der Waals surface area contributed by atoms with Crippen LogP contribution in [0.25, 0.3) is 55.4 Å². The second-order valence-corrected chi connectivity index (χ2v) is 16.6. The molecule has 1 aliphatic heterocycles. The molecule has 9 rings (SSSR count). The van der Waals surface area contributed by atoms with Crippen LogP contribution < -0.4 is 22.0 Å². The molecule has 0 spiro atoms. The summed E-state index contributed by atoms with van der Waals surface area (Å²) >= 11 is 0. The number of nitrogens with one attached hydrogen (secondary N) is 4. The predicted molar refractivity (Wildman–Crippen MR) is 239 cm³/mol. The number of carbonyl (C=O) groups excluding carboxylic acids is 1. The summed E-state index contributed by atoms with van der Waals surface area (Å²) in [7, 11) is 0. The van der Waals surface area contributed by atoms with Gasteiger partial charge < -0.3 is 25.4 Å². The van der Waals surface area contributed by atoms with Crippen LogP contribution in [-0.2, 0) is 17.8 Å². The summed E-state index contributed by atoms with van der Waals surface area (Å²) in [6, 6.07) is 36.7. The van der Waals surface area contributed by atoms with Crippen molar-refractivity contribution in [1.29, 1.82) is 0 Å². The first-order chi connectivity index (χ1) is 29.4. The lowest BCUT2D eigenvalue weighted by atomic mass is 9.99. The van der Waals surface area contributed by atoms with Crippen molar-refractivity contribution in [3.05, 3.63) is 141 Å². The monoisotopic (exact) mass is 821 g/mol. The van der Waals surface area contributed by atoms with Crippen molar-refractivity contribution in [2.45, 2.75) is 71.4 Å². The van der Waals surface area contributed by atoms with E-state index in [-0.39, 0.29) is 23.6 Å². The lowest BCUT2D eigenvalue weighted by Crippen LogP contribution is -2.46. The molecule has 1 amide bonds. The van der Waals surface area contributed by atoms with Crippen molar-refractivity contribution in [2.24, 2.45) is 0 Å². The topological polar surface area (TPSA) is 174 Å². The van der Waals surface area contributed by atoms with Crippen LogP contribution in [0.15, 0.2) is 119 Å². The van der Waals surface area contributed by atoms with Crippen molar-refractivity contribution in [3.63, 3.8) is 0 Å². The van der Waals surface area contributed by atoms with Gasteiger partial charge in [-0.1, -0.05) is 84.9 Å². The highest BCUT2D eigenvalue weighted by Gasteiger charge is 2.26. The van der Waals surface area contributed by atoms with Gasteiger partial charge in [0.05, 0.1) is 17.1 Å². The van der Waals surface area contributed by atoms with Crippen molar-refractivity contribution >= 4 is 39.2 Å². The first kappa shape index (κ1) is 41.1. The van der Waals surface area contributed by atoms with E-state index in [0.29, 0.717) is 43.5 Å². The molecule has 14 heteroatoms. The van der Waals surface area contributed by atoms with E-state index in [1.54, 1.807) is 20.6 Å². The fraction of sp³-hybridized carbons (Fsp3) is 0.298. The molecule has 0 radical (unpaired) electrons. The molecule has 14 nitrogen and oxygen atoms in total. The van der Waals surface area contributed by atoms with Crippen LogP contribution in [0.4, 0.5) is 4.79 Å². The number of hydrogen-bond acceptors (Lipinski definition) is 9. The van der Waals surface area contributed by atoms with E-state index in [1.165, 1.54) is 5.56 Å². The number of nitrogens with zero attached hydrogens (tertiary/aromatic N) is 5. The van der Waals surface area contributed by atoms with E-state index in [1.807, 2.05) is 81.4 Å². The minimum absolute atomic E-state index is 0.225. The number of aromatic amines is 2. The Morgan fingerprint density at radius 3 is 1.70 bits per heavy atom. The smallest absolute Gasteiger partial charge is 0.410 e. The summed E-state index contributed by atoms with van der Waals surface area (Å²) in [6.07, 6.45) is 1.24. The van der Waals surface area contributed by atoms with E-state index in [9.17, 15) is 19.5 Å². The Balaban J connectivity index is 0.000000176. The van der Waals surface area contributed by atoms with Crippen LogP contribution in [0.2, 0.25) is 0 Å². The average molecular weight is 822 g/mol. The van der Waals surface area contributed by atoms with E-state index >= 15 is 0 Å². The molecule has 1 saturated heterocycles. The molecule has 4 aromatic heterocycles. The summed E-state index contributed by atoms with van der Waals surface area (Å²) in [5, 5.41) is 31.5. The van der Waals surface area contributed by atoms with Gasteiger partial charge in [0.2, 0.25) is 0 Å². The summed E-state index contributed by atoms with van der Waals surface area (Å²) in [5.74, 6) is 0. The minimum atomic E-state index is -0.466. The van der Waals surface area contributed by atoms with Gasteiger partial charge in [0.25, 0.3) is 0 Å². The zero-order chi connectivity index (χ0) is 42.7. The average Bonchev–Trinajstić information content (AvgIpc) is 3.83. The second-order valence-electron chi connectivity index (χ2n) is 16.6. The fourth-order valence-corrected chi connectivity index (χ4v) is 7.85. The number of H-pyrrole nitrogens is 2. The van der Waals surface area contributed by atoms with Gasteiger partial charge in [0, 0.05) is 49.5 Å². The summed E-state index contributed by atoms with van der Waals surface area (Å²) in [6.45, 7) is 10.9. The van der Waals surface area contributed by atoms with Crippen molar-refractivity contribution < 1.29 is 14.6 Å². The zero-order valence-corrected chi connectivity index (χ0v) is 34.8. The summed E-state index contributed by atoms with van der Waals surface area (Å²) < 4.78 is 8.68. The van der Waals surface area contributed by atoms with Crippen molar-refractivity contribution in [2.75, 3.05) is 19.6 Å². The third kappa shape index (κ3) is 9.26. The fourth-order valence-electron chi connectivity index (χ4n) is 7.85. The number of carbonyl (C=O) groups is 1. The summed E-state index contributed by atoms with van der Waals surface area (Å²) in [4.78, 5) is 38.3. The first-order valence-electron chi connectivity index (χ1n) is 20.7. The highest BCUT2D eigenvalue weighted by molar-refractivity contribution is 5.98. The highest BCUT2D eigenvalue weighted by atomic mass is 16.6. The molecule has 8 aromatic rings. The van der Waals surface area contributed by atoms with E-state index < -0.39 is 5.60 Å². The number of amides is 1. The number of ether oxygens (including phenoxy) is 1. The number of aliphatic hydroxyl groups excluding tert-OH is 1. The predicted octanol–water partition coefficient (Wildman–Crippen LogP) is 6.65. The number of pyridine rings is 2. The quantitative estimate of drug-likeness (QED) is 0.107. The largest absolute Gasteiger partial charge is 0.444 e. The molecule has 1 atom stereocenters. The maximum absolute atomic E-state index is 12.3. The SMILES string of the molecule is CC(C)(C)OC(=O)N1CCC(NCc2ccc(-c3cc4n[nH]c(=O)n4c4ccccc34)cc2)CC1.CC(O)CNCc1ccc(-c2cc3n[nH]c(=O)n3c3ccccc23)cc1. The Kier molecular flexibility index (Phi) is 11.8. The maximum atomic E-state index is 12.3. The lowest BCUT2D eigenvalue weighted by molar-refractivity contribution is 0.0198. The van der Waals surface area contributed by atoms with Crippen LogP contribution in [0.3, 0.4) is 0 Å². The molecule has 0 aliphatic carbocycles. The Hall–Kier alpha value is -6.61. The highest BCUT2D eigenvalue weighted by Crippen LogP contribution is 2.31. The number of hydrogen-bond donors (Lipinski definition) is 5. The molecule has 1 aliphatic rings. The molecule has 1 fully saturated rings. The Morgan fingerprint density at radius 2 is 1.23 bits per heavy atom. The van der Waals surface area contributed by atoms with Crippen LogP contribution in [0, 0.1) is 0 Å². The van der Waals surface area contributed by atoms with Gasteiger partial charge in [0.1, 0.15) is 5.60 Å². The van der Waals surface area contributed by atoms with E-state index in [0.717, 1.165) is 69.0 Å². The third-order valence-corrected chi connectivity index (χ3v) is 10.9. The number of aromatic nitrogens is 6. The molecule has 1 unspecified atom stereocenters. The molecule has 61 heavy (non-hydrogen) atoms. The lowest BCUT2D eigenvalue weighted by Gasteiger charge is -2.33. The van der Waals surface area contributed by atoms with Crippen LogP contribution in [0.1, 0.15) is 51.7 Å². The molecule has 314 valence electrons. The first-order valence-corrected chi connectivity index (χ1v) is 20.7. The van der Waals surface area contributed by atoms with Crippen molar-refractivity contribution in [3.8, 4) is 22.3 Å². The molecular formula is C47H51N9O5. The number of fused-ring (bicyclic) bond motifs is 6. The Bertz CT molecular complexity index is 2920. The number of para-hydroxylation sites is 2. The molecule has 5 heterocycles. The molecule has 5 N–H and O–H groups in total. The summed E-state index contributed by atoms with van der Waals surface area (Å²) in [5.41, 5.74) is 8.52. The number of aliphatic hydroxyl groups is 1. The normalized spacial score (nSPS) is 14.1. The number of likely N-dealkylation sites (tertiary alicyclic amines) is 1. The molecule has 0 bridgehead atoms. The van der Waals surface area contributed by atoms with Gasteiger partial charge in [-0.25, -0.2) is 33.4 Å². The van der Waals surface area contributed by atoms with Crippen molar-refractivity contribution in [1.82, 2.24) is 44.7 Å². The van der Waals surface area contributed by atoms with Gasteiger partial charge in [-0.3, -0.25) is 0 Å². The minimum Gasteiger partial charge on any atom is -0.444 e. The number of rotatable bonds is 9. The van der Waals surface area contributed by atoms with Crippen LogP contribution in [-0.4, -0.2) is 82.7 Å². The van der Waals surface area contributed by atoms with Gasteiger partial charge >= 0.3 is 17.5 Å². The second kappa shape index (κ2) is 17.5. The van der Waals surface area contributed by atoms with Gasteiger partial charge in [-0.05, 0) is 98.2 Å². The number of piperidine rings is 1.